The number of carbonyl (C=O) groups is 1. The van der Waals surface area contributed by atoms with Crippen LogP contribution in [0.5, 0.6) is 0 Å². The van der Waals surface area contributed by atoms with E-state index < -0.39 is 5.91 Å². The van der Waals surface area contributed by atoms with E-state index in [4.69, 9.17) is 35.4 Å². The second kappa shape index (κ2) is 6.85. The van der Waals surface area contributed by atoms with Gasteiger partial charge in [-0.1, -0.05) is 29.3 Å². The highest BCUT2D eigenvalue weighted by Crippen LogP contribution is 2.20. The number of pyridine rings is 1. The van der Waals surface area contributed by atoms with Gasteiger partial charge >= 0.3 is 0 Å². The first-order valence-corrected chi connectivity index (χ1v) is 7.12. The molecule has 1 aromatic carbocycles. The number of nitrogens with one attached hydrogen (secondary N) is 2. The van der Waals surface area contributed by atoms with Crippen LogP contribution in [0.2, 0.25) is 10.0 Å². The third-order valence-electron chi connectivity index (χ3n) is 2.56. The van der Waals surface area contributed by atoms with E-state index in [0.29, 0.717) is 16.4 Å². The Morgan fingerprint density at radius 2 is 2.00 bits per heavy atom. The molecule has 0 aliphatic rings. The van der Waals surface area contributed by atoms with E-state index in [1.807, 2.05) is 13.0 Å². The predicted molar refractivity (Wildman–Crippen MR) is 89.1 cm³/mol. The van der Waals surface area contributed by atoms with E-state index in [2.05, 4.69) is 15.6 Å². The Balaban J connectivity index is 2.02. The number of anilines is 1. The van der Waals surface area contributed by atoms with Crippen LogP contribution in [0.1, 0.15) is 15.9 Å². The van der Waals surface area contributed by atoms with Crippen LogP contribution in [0.4, 0.5) is 5.82 Å². The molecule has 0 spiro atoms. The van der Waals surface area contributed by atoms with Gasteiger partial charge < -0.3 is 5.32 Å². The summed E-state index contributed by atoms with van der Waals surface area (Å²) in [5.74, 6) is 0.134. The van der Waals surface area contributed by atoms with E-state index in [-0.39, 0.29) is 10.1 Å². The van der Waals surface area contributed by atoms with Gasteiger partial charge in [0.1, 0.15) is 5.82 Å². The number of rotatable bonds is 2. The van der Waals surface area contributed by atoms with Crippen molar-refractivity contribution in [2.45, 2.75) is 6.92 Å². The standard InChI is InChI=1S/C14H11Cl2N3OS/c1-8-2-5-12(17-7-8)18-14(21)19-13(20)10-4-3-9(15)6-11(10)16/h2-7H,1H3,(H2,17,18,19,20,21). The number of hydrogen-bond donors (Lipinski definition) is 2. The van der Waals surface area contributed by atoms with E-state index >= 15 is 0 Å². The molecule has 1 aromatic heterocycles. The van der Waals surface area contributed by atoms with Crippen LogP contribution in [0, 0.1) is 6.92 Å². The Morgan fingerprint density at radius 1 is 1.24 bits per heavy atom. The largest absolute Gasteiger partial charge is 0.317 e. The first-order valence-electron chi connectivity index (χ1n) is 5.96. The molecule has 108 valence electrons. The second-order valence-corrected chi connectivity index (χ2v) is 5.51. The van der Waals surface area contributed by atoms with Crippen molar-refractivity contribution in [3.05, 3.63) is 57.7 Å². The maximum Gasteiger partial charge on any atom is 0.258 e. The average Bonchev–Trinajstić information content (AvgIpc) is 2.41. The molecule has 0 aliphatic heterocycles. The SMILES string of the molecule is Cc1ccc(NC(=S)NC(=O)c2ccc(Cl)cc2Cl)nc1. The number of halogens is 2. The Bertz CT molecular complexity index is 689. The molecular formula is C14H11Cl2N3OS. The summed E-state index contributed by atoms with van der Waals surface area (Å²) in [6.45, 7) is 1.93. The van der Waals surface area contributed by atoms with Gasteiger partial charge in [-0.15, -0.1) is 0 Å². The molecular weight excluding hydrogens is 329 g/mol. The third-order valence-corrected chi connectivity index (χ3v) is 3.31. The molecule has 0 saturated carbocycles. The van der Waals surface area contributed by atoms with Crippen LogP contribution < -0.4 is 10.6 Å². The van der Waals surface area contributed by atoms with Gasteiger partial charge in [-0.3, -0.25) is 10.1 Å². The van der Waals surface area contributed by atoms with Crippen molar-refractivity contribution in [1.82, 2.24) is 10.3 Å². The number of aromatic nitrogens is 1. The highest BCUT2D eigenvalue weighted by Gasteiger charge is 2.12. The number of carbonyl (C=O) groups excluding carboxylic acids is 1. The molecule has 0 unspecified atom stereocenters. The van der Waals surface area contributed by atoms with Gasteiger partial charge in [0.15, 0.2) is 5.11 Å². The molecule has 2 aromatic rings. The van der Waals surface area contributed by atoms with Gasteiger partial charge in [0.2, 0.25) is 0 Å². The van der Waals surface area contributed by atoms with E-state index in [1.165, 1.54) is 12.1 Å². The maximum absolute atomic E-state index is 12.0. The van der Waals surface area contributed by atoms with Crippen molar-refractivity contribution < 1.29 is 4.79 Å². The molecule has 0 radical (unpaired) electrons. The quantitative estimate of drug-likeness (QED) is 0.816. The Morgan fingerprint density at radius 3 is 2.62 bits per heavy atom. The highest BCUT2D eigenvalue weighted by molar-refractivity contribution is 7.80. The molecule has 0 fully saturated rings. The van der Waals surface area contributed by atoms with Gasteiger partial charge in [0.05, 0.1) is 10.6 Å². The fraction of sp³-hybridized carbons (Fsp3) is 0.0714. The molecule has 4 nitrogen and oxygen atoms in total. The average molecular weight is 340 g/mol. The molecule has 7 heteroatoms. The number of amides is 1. The molecule has 2 N–H and O–H groups in total. The summed E-state index contributed by atoms with van der Waals surface area (Å²) in [5.41, 5.74) is 1.32. The molecule has 21 heavy (non-hydrogen) atoms. The first-order chi connectivity index (χ1) is 9.95. The summed E-state index contributed by atoms with van der Waals surface area (Å²) in [6, 6.07) is 8.27. The third kappa shape index (κ3) is 4.39. The lowest BCUT2D eigenvalue weighted by Gasteiger charge is -2.10. The minimum Gasteiger partial charge on any atom is -0.317 e. The number of nitrogens with zero attached hydrogens (tertiary/aromatic N) is 1. The maximum atomic E-state index is 12.0. The Hall–Kier alpha value is -1.69. The van der Waals surface area contributed by atoms with Crippen LogP contribution in [0.25, 0.3) is 0 Å². The van der Waals surface area contributed by atoms with Crippen molar-refractivity contribution in [1.29, 1.82) is 0 Å². The number of thiocarbonyl (C=S) groups is 1. The molecule has 1 amide bonds. The van der Waals surface area contributed by atoms with Crippen LogP contribution in [0.15, 0.2) is 36.5 Å². The molecule has 0 aliphatic carbocycles. The van der Waals surface area contributed by atoms with Gasteiger partial charge in [-0.05, 0) is 49.0 Å². The Labute approximate surface area is 137 Å². The van der Waals surface area contributed by atoms with Crippen molar-refractivity contribution in [3.8, 4) is 0 Å². The van der Waals surface area contributed by atoms with Crippen molar-refractivity contribution in [2.75, 3.05) is 5.32 Å². The zero-order chi connectivity index (χ0) is 15.4. The van der Waals surface area contributed by atoms with E-state index in [0.717, 1.165) is 5.56 Å². The minimum atomic E-state index is -0.415. The number of hydrogen-bond acceptors (Lipinski definition) is 3. The van der Waals surface area contributed by atoms with Crippen LogP contribution in [-0.2, 0) is 0 Å². The van der Waals surface area contributed by atoms with Crippen LogP contribution >= 0.6 is 35.4 Å². The van der Waals surface area contributed by atoms with Crippen LogP contribution in [-0.4, -0.2) is 16.0 Å². The normalized spacial score (nSPS) is 10.0. The van der Waals surface area contributed by atoms with Crippen LogP contribution in [0.3, 0.4) is 0 Å². The summed E-state index contributed by atoms with van der Waals surface area (Å²) < 4.78 is 0. The van der Waals surface area contributed by atoms with Gasteiger partial charge in [-0.2, -0.15) is 0 Å². The van der Waals surface area contributed by atoms with E-state index in [9.17, 15) is 4.79 Å². The fourth-order valence-corrected chi connectivity index (χ4v) is 2.22. The molecule has 2 rings (SSSR count). The summed E-state index contributed by atoms with van der Waals surface area (Å²) in [7, 11) is 0. The topological polar surface area (TPSA) is 54.0 Å². The first kappa shape index (κ1) is 15.7. The zero-order valence-electron chi connectivity index (χ0n) is 11.0. The predicted octanol–water partition coefficient (Wildman–Crippen LogP) is 3.82. The monoisotopic (exact) mass is 339 g/mol. The lowest BCUT2D eigenvalue weighted by Crippen LogP contribution is -2.34. The molecule has 0 atom stereocenters. The lowest BCUT2D eigenvalue weighted by atomic mass is 10.2. The van der Waals surface area contributed by atoms with Gasteiger partial charge in [0, 0.05) is 11.2 Å². The smallest absolute Gasteiger partial charge is 0.258 e. The minimum absolute atomic E-state index is 0.141. The summed E-state index contributed by atoms with van der Waals surface area (Å²) >= 11 is 16.8. The zero-order valence-corrected chi connectivity index (χ0v) is 13.3. The number of aryl methyl sites for hydroxylation is 1. The number of benzene rings is 1. The van der Waals surface area contributed by atoms with Crippen molar-refractivity contribution >= 4 is 52.3 Å². The summed E-state index contributed by atoms with van der Waals surface area (Å²) in [4.78, 5) is 16.2. The van der Waals surface area contributed by atoms with Gasteiger partial charge in [-0.25, -0.2) is 4.98 Å². The second-order valence-electron chi connectivity index (χ2n) is 4.25. The van der Waals surface area contributed by atoms with Crippen molar-refractivity contribution in [2.24, 2.45) is 0 Å². The molecule has 0 saturated heterocycles. The van der Waals surface area contributed by atoms with Gasteiger partial charge in [0.25, 0.3) is 5.91 Å². The Kier molecular flexibility index (Phi) is 5.12. The molecule has 1 heterocycles. The summed E-state index contributed by atoms with van der Waals surface area (Å²) in [6.07, 6.45) is 1.70. The van der Waals surface area contributed by atoms with E-state index in [1.54, 1.807) is 18.3 Å². The highest BCUT2D eigenvalue weighted by atomic mass is 35.5. The van der Waals surface area contributed by atoms with Crippen molar-refractivity contribution in [3.63, 3.8) is 0 Å². The molecule has 0 bridgehead atoms. The fourth-order valence-electron chi connectivity index (χ4n) is 1.53. The lowest BCUT2D eigenvalue weighted by molar-refractivity contribution is 0.0978. The summed E-state index contributed by atoms with van der Waals surface area (Å²) in [5, 5.41) is 6.21.